The Balaban J connectivity index is 3.11. The molecule has 0 bridgehead atoms. The van der Waals surface area contributed by atoms with Gasteiger partial charge in [-0.05, 0) is 0 Å². The highest BCUT2D eigenvalue weighted by atomic mass is 31.0. The molecule has 0 saturated heterocycles. The molecule has 0 N–H and O–H groups in total. The SMILES string of the molecule is C=C=C[P-]. The third kappa shape index (κ3) is 1.95. The van der Waals surface area contributed by atoms with E-state index in [1.165, 1.54) is 5.82 Å². The van der Waals surface area contributed by atoms with Crippen molar-refractivity contribution in [2.75, 3.05) is 0 Å². The predicted molar refractivity (Wildman–Crippen MR) is 20.6 cm³/mol. The summed E-state index contributed by atoms with van der Waals surface area (Å²) in [4.78, 5) is 0. The van der Waals surface area contributed by atoms with Gasteiger partial charge < -0.3 is 9.24 Å². The Hall–Kier alpha value is -0.0500. The van der Waals surface area contributed by atoms with Crippen LogP contribution in [0.4, 0.5) is 0 Å². The molecule has 0 aliphatic carbocycles. The highest BCUT2D eigenvalue weighted by Crippen LogP contribution is 1.72. The molecule has 0 spiro atoms. The molecule has 1 heteroatoms. The molecule has 0 aliphatic heterocycles. The maximum absolute atomic E-state index is 3.62. The maximum atomic E-state index is 3.62. The minimum atomic E-state index is 1.46. The Kier molecular flexibility index (Phi) is 2.91. The molecule has 0 unspecified atom stereocenters. The molecule has 1 radical (unpaired) electrons. The van der Waals surface area contributed by atoms with E-state index in [9.17, 15) is 0 Å². The summed E-state index contributed by atoms with van der Waals surface area (Å²) in [5, 5.41) is 0. The number of hydrogen-bond acceptors (Lipinski definition) is 0. The molecule has 0 aromatic rings. The summed E-state index contributed by atoms with van der Waals surface area (Å²) in [7, 11) is 3.62. The van der Waals surface area contributed by atoms with Gasteiger partial charge in [-0.25, -0.2) is 5.82 Å². The van der Waals surface area contributed by atoms with Crippen LogP contribution in [-0.2, 0) is 0 Å². The van der Waals surface area contributed by atoms with Crippen LogP contribution in [0.25, 0.3) is 0 Å². The van der Waals surface area contributed by atoms with E-state index in [4.69, 9.17) is 0 Å². The van der Waals surface area contributed by atoms with Crippen molar-refractivity contribution in [2.45, 2.75) is 0 Å². The molecule has 0 rings (SSSR count). The Bertz CT molecular complexity index is 41.2. The van der Waals surface area contributed by atoms with E-state index in [0.29, 0.717) is 0 Å². The van der Waals surface area contributed by atoms with Crippen LogP contribution in [0, 0.1) is 0 Å². The van der Waals surface area contributed by atoms with Gasteiger partial charge in [0.1, 0.15) is 0 Å². The Morgan fingerprint density at radius 1 is 2.00 bits per heavy atom. The molecule has 0 nitrogen and oxygen atoms in total. The van der Waals surface area contributed by atoms with Crippen LogP contribution in [-0.4, -0.2) is 0 Å². The van der Waals surface area contributed by atoms with Crippen molar-refractivity contribution in [2.24, 2.45) is 0 Å². The highest BCUT2D eigenvalue weighted by molar-refractivity contribution is 7.20. The Labute approximate surface area is 28.4 Å². The fourth-order valence-electron chi connectivity index (χ4n) is 0. The van der Waals surface area contributed by atoms with Crippen molar-refractivity contribution in [3.63, 3.8) is 0 Å². The van der Waals surface area contributed by atoms with E-state index in [-0.39, 0.29) is 0 Å². The first-order chi connectivity index (χ1) is 1.91. The van der Waals surface area contributed by atoms with Gasteiger partial charge in [-0.15, -0.1) is 0 Å². The first kappa shape index (κ1) is 3.95. The van der Waals surface area contributed by atoms with E-state index >= 15 is 0 Å². The van der Waals surface area contributed by atoms with Crippen LogP contribution in [0.1, 0.15) is 0 Å². The first-order valence-corrected chi connectivity index (χ1v) is 1.42. The second-order valence-corrected chi connectivity index (χ2v) is 0.591. The summed E-state index contributed by atoms with van der Waals surface area (Å²) in [6.07, 6.45) is 0. The van der Waals surface area contributed by atoms with Crippen molar-refractivity contribution < 1.29 is 0 Å². The van der Waals surface area contributed by atoms with Gasteiger partial charge in [-0.3, -0.25) is 0 Å². The standard InChI is InChI=1S/C3H3P/c1-2-3-4/h3H,1H2/q-1. The van der Waals surface area contributed by atoms with Gasteiger partial charge in [0.25, 0.3) is 0 Å². The van der Waals surface area contributed by atoms with Gasteiger partial charge in [0.2, 0.25) is 0 Å². The highest BCUT2D eigenvalue weighted by Gasteiger charge is 1.03. The fourth-order valence-corrected chi connectivity index (χ4v) is 0. The molecule has 0 aliphatic rings. The summed E-state index contributed by atoms with van der Waals surface area (Å²) < 4.78 is 0. The molecule has 0 aromatic carbocycles. The van der Waals surface area contributed by atoms with Gasteiger partial charge in [0.05, 0.1) is 0 Å². The lowest BCUT2D eigenvalue weighted by Gasteiger charge is -1.67. The monoisotopic (exact) mass is 70.0 g/mol. The topological polar surface area (TPSA) is 0 Å². The van der Waals surface area contributed by atoms with E-state index < -0.39 is 0 Å². The summed E-state index contributed by atoms with van der Waals surface area (Å²) in [6.45, 7) is 3.22. The quantitative estimate of drug-likeness (QED) is 0.300. The van der Waals surface area contributed by atoms with Crippen molar-refractivity contribution in [3.05, 3.63) is 18.1 Å². The Morgan fingerprint density at radius 2 is 2.25 bits per heavy atom. The molecule has 0 heterocycles. The zero-order valence-corrected chi connectivity index (χ0v) is 3.13. The molecule has 21 valence electrons. The molecule has 0 aromatic heterocycles. The molecule has 0 atom stereocenters. The van der Waals surface area contributed by atoms with Crippen molar-refractivity contribution >= 4 is 9.24 Å². The average Bonchev–Trinajstić information content (AvgIpc) is 1.37. The van der Waals surface area contributed by atoms with E-state index in [1.807, 2.05) is 0 Å². The minimum Gasteiger partial charge on any atom is -0.698 e. The molecular formula is C3H3P-. The lowest BCUT2D eigenvalue weighted by atomic mass is 11.0. The van der Waals surface area contributed by atoms with Crippen molar-refractivity contribution in [1.82, 2.24) is 0 Å². The second-order valence-electron chi connectivity index (χ2n) is 0.333. The fraction of sp³-hybridized carbons (Fsp3) is 0. The minimum absolute atomic E-state index is 1.46. The third-order valence-corrected chi connectivity index (χ3v) is 0.274. The summed E-state index contributed by atoms with van der Waals surface area (Å²) in [5.74, 6) is 1.46. The first-order valence-electron chi connectivity index (χ1n) is 0.900. The van der Waals surface area contributed by atoms with E-state index in [0.717, 1.165) is 0 Å². The Morgan fingerprint density at radius 3 is 2.25 bits per heavy atom. The molecule has 4 heavy (non-hydrogen) atoms. The van der Waals surface area contributed by atoms with Crippen LogP contribution < -0.4 is 0 Å². The summed E-state index contributed by atoms with van der Waals surface area (Å²) in [5.41, 5.74) is 2.42. The smallest absolute Gasteiger partial charge is 0.0596 e. The summed E-state index contributed by atoms with van der Waals surface area (Å²) >= 11 is 0. The van der Waals surface area contributed by atoms with Crippen molar-refractivity contribution in [1.29, 1.82) is 0 Å². The zero-order valence-electron chi connectivity index (χ0n) is 2.23. The van der Waals surface area contributed by atoms with Crippen LogP contribution in [0.5, 0.6) is 0 Å². The van der Waals surface area contributed by atoms with Crippen LogP contribution in [0.3, 0.4) is 0 Å². The molecule has 0 amide bonds. The maximum Gasteiger partial charge on any atom is -0.0596 e. The van der Waals surface area contributed by atoms with Gasteiger partial charge in [-0.2, -0.15) is 5.73 Å². The van der Waals surface area contributed by atoms with Crippen LogP contribution >= 0.6 is 9.24 Å². The summed E-state index contributed by atoms with van der Waals surface area (Å²) in [6, 6.07) is 0. The van der Waals surface area contributed by atoms with E-state index in [1.54, 1.807) is 0 Å². The van der Waals surface area contributed by atoms with Gasteiger partial charge in [-0.1, -0.05) is 6.58 Å². The second kappa shape index (κ2) is 2.95. The molecule has 0 fully saturated rings. The van der Waals surface area contributed by atoms with Crippen LogP contribution in [0.2, 0.25) is 0 Å². The largest absolute Gasteiger partial charge is 0.698 e. The average molecular weight is 70.0 g/mol. The molecule has 0 saturated carbocycles. The lowest BCUT2D eigenvalue weighted by molar-refractivity contribution is 2.45. The molecular weight excluding hydrogens is 67.0 g/mol. The van der Waals surface area contributed by atoms with Gasteiger partial charge in [0.15, 0.2) is 0 Å². The van der Waals surface area contributed by atoms with Crippen LogP contribution in [0.15, 0.2) is 18.1 Å². The van der Waals surface area contributed by atoms with Gasteiger partial charge in [0, 0.05) is 0 Å². The lowest BCUT2D eigenvalue weighted by Crippen LogP contribution is -1.03. The van der Waals surface area contributed by atoms with Gasteiger partial charge >= 0.3 is 0 Å². The number of hydrogen-bond donors (Lipinski definition) is 0. The zero-order chi connectivity index (χ0) is 3.41. The normalized spacial score (nSPS) is 4.25. The predicted octanol–water partition coefficient (Wildman–Crippen LogP) is 1.70. The number of rotatable bonds is 0. The van der Waals surface area contributed by atoms with Crippen molar-refractivity contribution in [3.8, 4) is 0 Å². The van der Waals surface area contributed by atoms with E-state index in [2.05, 4.69) is 21.5 Å². The third-order valence-electron chi connectivity index (χ3n) is 0.0913.